The summed E-state index contributed by atoms with van der Waals surface area (Å²) < 4.78 is 1.90. The molecule has 1 aromatic carbocycles. The molecule has 0 fully saturated rings. The smallest absolute Gasteiger partial charge is 0.303 e. The first-order chi connectivity index (χ1) is 10.5. The molecular weight excluding hydrogens is 372 g/mol. The molecule has 9 heteroatoms. The minimum atomic E-state index is -1.00. The van der Waals surface area contributed by atoms with Gasteiger partial charge in [-0.25, -0.2) is 0 Å². The van der Waals surface area contributed by atoms with E-state index in [1.54, 1.807) is 0 Å². The van der Waals surface area contributed by atoms with Gasteiger partial charge in [0.2, 0.25) is 5.16 Å². The lowest BCUT2D eigenvalue weighted by atomic mass is 10.2. The fourth-order valence-corrected chi connectivity index (χ4v) is 2.70. The van der Waals surface area contributed by atoms with Crippen molar-refractivity contribution in [1.82, 2.24) is 14.9 Å². The minimum absolute atomic E-state index is 0.00995. The van der Waals surface area contributed by atoms with E-state index in [2.05, 4.69) is 26.1 Å². The van der Waals surface area contributed by atoms with E-state index in [1.165, 1.54) is 11.8 Å². The van der Waals surface area contributed by atoms with Gasteiger partial charge in [0.05, 0.1) is 6.42 Å². The Morgan fingerprint density at radius 1 is 1.32 bits per heavy atom. The second-order valence-corrected chi connectivity index (χ2v) is 6.27. The molecule has 2 aromatic rings. The number of rotatable bonds is 6. The highest BCUT2D eigenvalue weighted by atomic mass is 79.9. The number of benzene rings is 1. The second-order valence-electron chi connectivity index (χ2n) is 4.41. The summed E-state index contributed by atoms with van der Waals surface area (Å²) in [5.41, 5.74) is 0.588. The van der Waals surface area contributed by atoms with Gasteiger partial charge >= 0.3 is 5.97 Å². The van der Waals surface area contributed by atoms with Crippen LogP contribution in [0.5, 0.6) is 0 Å². The molecule has 0 bridgehead atoms. The summed E-state index contributed by atoms with van der Waals surface area (Å²) in [6, 6.07) is 7.74. The van der Waals surface area contributed by atoms with E-state index in [1.807, 2.05) is 24.3 Å². The maximum Gasteiger partial charge on any atom is 0.303 e. The molecule has 0 aliphatic rings. The van der Waals surface area contributed by atoms with E-state index in [9.17, 15) is 9.59 Å². The van der Waals surface area contributed by atoms with Crippen molar-refractivity contribution >= 4 is 33.7 Å². The molecule has 1 aromatic heterocycles. The zero-order valence-electron chi connectivity index (χ0n) is 11.4. The predicted molar refractivity (Wildman–Crippen MR) is 86.1 cm³/mol. The van der Waals surface area contributed by atoms with Crippen LogP contribution in [0.1, 0.15) is 17.7 Å². The van der Waals surface area contributed by atoms with Gasteiger partial charge in [-0.1, -0.05) is 39.8 Å². The number of hydrogen-bond donors (Lipinski definition) is 2. The number of aromatic nitrogens is 3. The number of thioether (sulfide) groups is 1. The molecule has 116 valence electrons. The average Bonchev–Trinajstić information content (AvgIpc) is 2.49. The summed E-state index contributed by atoms with van der Waals surface area (Å²) in [6.07, 6.45) is -0.175. The zero-order chi connectivity index (χ0) is 16.1. The van der Waals surface area contributed by atoms with Crippen molar-refractivity contribution in [3.63, 3.8) is 0 Å². The Balaban J connectivity index is 2.08. The summed E-state index contributed by atoms with van der Waals surface area (Å²) in [6.45, 7) is 0. The van der Waals surface area contributed by atoms with Crippen LogP contribution in [0.4, 0.5) is 0 Å². The van der Waals surface area contributed by atoms with Crippen molar-refractivity contribution in [1.29, 1.82) is 0 Å². The third kappa shape index (κ3) is 4.31. The van der Waals surface area contributed by atoms with E-state index >= 15 is 0 Å². The van der Waals surface area contributed by atoms with E-state index in [0.29, 0.717) is 5.75 Å². The number of halogens is 1. The standard InChI is InChI=1S/C13H13BrN4O3S/c14-9-3-1-8(2-4-9)7-22-13-17-16-10(5-6-11(19)20)12(21)18(13)15/h1-4H,5-7,15H2,(H,19,20). The normalized spacial score (nSPS) is 10.6. The van der Waals surface area contributed by atoms with Crippen molar-refractivity contribution in [3.8, 4) is 0 Å². The fraction of sp³-hybridized carbons (Fsp3) is 0.231. The lowest BCUT2D eigenvalue weighted by Crippen LogP contribution is -2.33. The third-order valence-electron chi connectivity index (χ3n) is 2.78. The molecule has 0 aliphatic carbocycles. The molecule has 7 nitrogen and oxygen atoms in total. The Hall–Kier alpha value is -1.87. The van der Waals surface area contributed by atoms with Crippen molar-refractivity contribution in [2.45, 2.75) is 23.8 Å². The SMILES string of the molecule is Nn1c(SCc2ccc(Br)cc2)nnc(CCC(=O)O)c1=O. The maximum absolute atomic E-state index is 12.0. The van der Waals surface area contributed by atoms with Gasteiger partial charge in [0, 0.05) is 16.6 Å². The first-order valence-electron chi connectivity index (χ1n) is 6.30. The van der Waals surface area contributed by atoms with Gasteiger partial charge in [-0.2, -0.15) is 4.68 Å². The number of aryl methyl sites for hydroxylation is 1. The number of nitrogen functional groups attached to an aromatic ring is 1. The van der Waals surface area contributed by atoms with Crippen molar-refractivity contribution < 1.29 is 9.90 Å². The average molecular weight is 385 g/mol. The van der Waals surface area contributed by atoms with E-state index < -0.39 is 11.5 Å². The Morgan fingerprint density at radius 2 is 2.00 bits per heavy atom. The number of nitrogens with two attached hydrogens (primary N) is 1. The lowest BCUT2D eigenvalue weighted by molar-refractivity contribution is -0.136. The highest BCUT2D eigenvalue weighted by Crippen LogP contribution is 2.20. The topological polar surface area (TPSA) is 111 Å². The summed E-state index contributed by atoms with van der Waals surface area (Å²) in [7, 11) is 0. The van der Waals surface area contributed by atoms with E-state index in [-0.39, 0.29) is 23.7 Å². The molecule has 0 amide bonds. The van der Waals surface area contributed by atoms with Crippen LogP contribution >= 0.6 is 27.7 Å². The predicted octanol–water partition coefficient (Wildman–Crippen LogP) is 1.42. The van der Waals surface area contributed by atoms with Gasteiger partial charge in [0.25, 0.3) is 5.56 Å². The van der Waals surface area contributed by atoms with Crippen LogP contribution in [0.2, 0.25) is 0 Å². The van der Waals surface area contributed by atoms with Gasteiger partial charge < -0.3 is 10.9 Å². The first-order valence-corrected chi connectivity index (χ1v) is 8.08. The second kappa shape index (κ2) is 7.41. The molecule has 0 saturated carbocycles. The number of nitrogens with zero attached hydrogens (tertiary/aromatic N) is 3. The molecule has 3 N–H and O–H groups in total. The van der Waals surface area contributed by atoms with Crippen molar-refractivity contribution in [3.05, 3.63) is 50.3 Å². The zero-order valence-corrected chi connectivity index (χ0v) is 13.8. The van der Waals surface area contributed by atoms with Gasteiger partial charge in [0.1, 0.15) is 5.69 Å². The molecule has 0 aliphatic heterocycles. The summed E-state index contributed by atoms with van der Waals surface area (Å²) in [5.74, 6) is 5.29. The first kappa shape index (κ1) is 16.5. The molecule has 0 atom stereocenters. The summed E-state index contributed by atoms with van der Waals surface area (Å²) >= 11 is 4.65. The Bertz CT molecular complexity index is 733. The van der Waals surface area contributed by atoms with Crippen molar-refractivity contribution in [2.24, 2.45) is 0 Å². The van der Waals surface area contributed by atoms with E-state index in [4.69, 9.17) is 10.9 Å². The van der Waals surface area contributed by atoms with Crippen LogP contribution in [0, 0.1) is 0 Å². The van der Waals surface area contributed by atoms with Crippen LogP contribution in [-0.4, -0.2) is 25.9 Å². The maximum atomic E-state index is 12.0. The number of carboxylic acid groups (broad SMARTS) is 1. The van der Waals surface area contributed by atoms with Crippen molar-refractivity contribution in [2.75, 3.05) is 5.84 Å². The van der Waals surface area contributed by atoms with Gasteiger partial charge in [-0.05, 0) is 17.7 Å². The Morgan fingerprint density at radius 3 is 2.64 bits per heavy atom. The third-order valence-corrected chi connectivity index (χ3v) is 4.33. The molecule has 0 spiro atoms. The minimum Gasteiger partial charge on any atom is -0.481 e. The number of hydrogen-bond acceptors (Lipinski definition) is 6. The molecule has 0 radical (unpaired) electrons. The van der Waals surface area contributed by atoms with Crippen LogP contribution in [0.3, 0.4) is 0 Å². The Kier molecular flexibility index (Phi) is 5.56. The Labute approximate surface area is 138 Å². The molecular formula is C13H13BrN4O3S. The largest absolute Gasteiger partial charge is 0.481 e. The monoisotopic (exact) mass is 384 g/mol. The van der Waals surface area contributed by atoms with Crippen LogP contribution < -0.4 is 11.4 Å². The van der Waals surface area contributed by atoms with Crippen LogP contribution in [0.15, 0.2) is 38.7 Å². The van der Waals surface area contributed by atoms with Gasteiger partial charge in [-0.15, -0.1) is 10.2 Å². The van der Waals surface area contributed by atoms with Crippen LogP contribution in [-0.2, 0) is 17.0 Å². The lowest BCUT2D eigenvalue weighted by Gasteiger charge is -2.07. The molecule has 2 rings (SSSR count). The van der Waals surface area contributed by atoms with E-state index in [0.717, 1.165) is 14.7 Å². The number of carboxylic acids is 1. The summed E-state index contributed by atoms with van der Waals surface area (Å²) in [5, 5.41) is 16.6. The van der Waals surface area contributed by atoms with Gasteiger partial charge in [0.15, 0.2) is 0 Å². The summed E-state index contributed by atoms with van der Waals surface area (Å²) in [4.78, 5) is 22.5. The molecule has 0 saturated heterocycles. The highest BCUT2D eigenvalue weighted by molar-refractivity contribution is 9.10. The fourth-order valence-electron chi connectivity index (χ4n) is 1.63. The molecule has 1 heterocycles. The van der Waals surface area contributed by atoms with Crippen LogP contribution in [0.25, 0.3) is 0 Å². The number of aliphatic carboxylic acids is 1. The quantitative estimate of drug-likeness (QED) is 0.572. The highest BCUT2D eigenvalue weighted by Gasteiger charge is 2.12. The molecule has 0 unspecified atom stereocenters. The molecule has 22 heavy (non-hydrogen) atoms. The number of carbonyl (C=O) groups is 1. The van der Waals surface area contributed by atoms with Gasteiger partial charge in [-0.3, -0.25) is 9.59 Å².